The summed E-state index contributed by atoms with van der Waals surface area (Å²) in [5.41, 5.74) is 9.12. The first-order chi connectivity index (χ1) is 17.1. The quantitative estimate of drug-likeness (QED) is 0.260. The van der Waals surface area contributed by atoms with E-state index in [1.165, 1.54) is 5.56 Å². The fourth-order valence-corrected chi connectivity index (χ4v) is 3.94. The summed E-state index contributed by atoms with van der Waals surface area (Å²) < 4.78 is 1.71. The van der Waals surface area contributed by atoms with Gasteiger partial charge in [0.2, 0.25) is 0 Å². The summed E-state index contributed by atoms with van der Waals surface area (Å²) in [7, 11) is 0. The van der Waals surface area contributed by atoms with Gasteiger partial charge in [-0.1, -0.05) is 87.0 Å². The van der Waals surface area contributed by atoms with E-state index in [1.54, 1.807) is 23.7 Å². The van der Waals surface area contributed by atoms with Gasteiger partial charge in [0, 0.05) is 11.1 Å². The number of nitrogens with one attached hydrogen (secondary N) is 1. The molecule has 0 fully saturated rings. The van der Waals surface area contributed by atoms with E-state index >= 15 is 0 Å². The third-order valence-electron chi connectivity index (χ3n) is 6.10. The first-order valence-corrected chi connectivity index (χ1v) is 12.0. The fraction of sp³-hybridized carbons (Fsp3) is 0.233. The van der Waals surface area contributed by atoms with Gasteiger partial charge in [0.15, 0.2) is 0 Å². The molecule has 0 aliphatic rings. The second-order valence-electron chi connectivity index (χ2n) is 10.0. The second kappa shape index (κ2) is 10.2. The molecule has 1 heterocycles. The average molecular weight is 481 g/mol. The molecule has 1 aromatic heterocycles. The van der Waals surface area contributed by atoms with Crippen molar-refractivity contribution in [2.24, 2.45) is 5.10 Å². The molecular formula is C30H32N4O2. The number of nitrogens with zero attached hydrogens (tertiary/aromatic N) is 3. The number of carbonyl (C=O) groups excluding carboxylic acids is 1. The fourth-order valence-electron chi connectivity index (χ4n) is 3.94. The van der Waals surface area contributed by atoms with E-state index in [-0.39, 0.29) is 17.1 Å². The maximum Gasteiger partial charge on any atom is 0.289 e. The van der Waals surface area contributed by atoms with Crippen molar-refractivity contribution in [3.05, 3.63) is 107 Å². The molecule has 0 aliphatic carbocycles. The number of aromatic nitrogens is 2. The second-order valence-corrected chi connectivity index (χ2v) is 10.0. The van der Waals surface area contributed by atoms with Crippen LogP contribution in [0.25, 0.3) is 11.3 Å². The van der Waals surface area contributed by atoms with Gasteiger partial charge in [0.25, 0.3) is 5.91 Å². The Morgan fingerprint density at radius 2 is 1.69 bits per heavy atom. The molecule has 0 aliphatic heterocycles. The minimum atomic E-state index is -0.373. The predicted octanol–water partition coefficient (Wildman–Crippen LogP) is 6.06. The Morgan fingerprint density at radius 1 is 1.00 bits per heavy atom. The van der Waals surface area contributed by atoms with Crippen molar-refractivity contribution in [1.82, 2.24) is 15.2 Å². The summed E-state index contributed by atoms with van der Waals surface area (Å²) in [6.07, 6.45) is 0. The third kappa shape index (κ3) is 5.71. The van der Waals surface area contributed by atoms with Gasteiger partial charge < -0.3 is 5.11 Å². The SMILES string of the molecule is C/C(=N\NC(=O)c1cc(-c2ccccc2)nn1Cc1ccc(C(C)(C)C)cc1)c1cc(C)ccc1O. The monoisotopic (exact) mass is 480 g/mol. The van der Waals surface area contributed by atoms with Crippen LogP contribution in [0.3, 0.4) is 0 Å². The molecule has 0 saturated carbocycles. The summed E-state index contributed by atoms with van der Waals surface area (Å²) in [6, 6.07) is 25.2. The van der Waals surface area contributed by atoms with Crippen molar-refractivity contribution >= 4 is 11.6 Å². The van der Waals surface area contributed by atoms with Crippen LogP contribution in [0.5, 0.6) is 5.75 Å². The van der Waals surface area contributed by atoms with Crippen LogP contribution in [0.2, 0.25) is 0 Å². The minimum absolute atomic E-state index is 0.0668. The Labute approximate surface area is 212 Å². The van der Waals surface area contributed by atoms with E-state index in [9.17, 15) is 9.90 Å². The van der Waals surface area contributed by atoms with Crippen molar-refractivity contribution in [1.29, 1.82) is 0 Å². The Bertz CT molecular complexity index is 1400. The number of hydrogen-bond donors (Lipinski definition) is 2. The molecule has 36 heavy (non-hydrogen) atoms. The molecule has 184 valence electrons. The zero-order valence-electron chi connectivity index (χ0n) is 21.4. The highest BCUT2D eigenvalue weighted by Crippen LogP contribution is 2.24. The molecule has 3 aromatic carbocycles. The molecule has 4 rings (SSSR count). The molecule has 0 atom stereocenters. The van der Waals surface area contributed by atoms with Gasteiger partial charge in [0.1, 0.15) is 11.4 Å². The Morgan fingerprint density at radius 3 is 2.36 bits per heavy atom. The van der Waals surface area contributed by atoms with Gasteiger partial charge in [-0.3, -0.25) is 9.48 Å². The van der Waals surface area contributed by atoms with E-state index in [2.05, 4.69) is 55.6 Å². The van der Waals surface area contributed by atoms with E-state index in [1.807, 2.05) is 49.4 Å². The van der Waals surface area contributed by atoms with Crippen molar-refractivity contribution in [2.45, 2.75) is 46.6 Å². The number of carbonyl (C=O) groups is 1. The van der Waals surface area contributed by atoms with Crippen LogP contribution < -0.4 is 5.43 Å². The summed E-state index contributed by atoms with van der Waals surface area (Å²) in [6.45, 7) is 10.7. The first kappa shape index (κ1) is 24.9. The maximum absolute atomic E-state index is 13.2. The highest BCUT2D eigenvalue weighted by atomic mass is 16.3. The van der Waals surface area contributed by atoms with Crippen LogP contribution >= 0.6 is 0 Å². The third-order valence-corrected chi connectivity index (χ3v) is 6.10. The lowest BCUT2D eigenvalue weighted by atomic mass is 9.87. The summed E-state index contributed by atoms with van der Waals surface area (Å²) in [5, 5.41) is 19.2. The minimum Gasteiger partial charge on any atom is -0.507 e. The molecule has 4 aromatic rings. The van der Waals surface area contributed by atoms with Gasteiger partial charge in [-0.15, -0.1) is 0 Å². The number of amides is 1. The van der Waals surface area contributed by atoms with Crippen LogP contribution in [-0.4, -0.2) is 26.5 Å². The molecule has 1 amide bonds. The molecule has 0 saturated heterocycles. The molecule has 6 heteroatoms. The number of rotatable bonds is 6. The van der Waals surface area contributed by atoms with E-state index in [4.69, 9.17) is 5.10 Å². The summed E-state index contributed by atoms with van der Waals surface area (Å²) in [5.74, 6) is -0.256. The summed E-state index contributed by atoms with van der Waals surface area (Å²) >= 11 is 0. The molecule has 0 unspecified atom stereocenters. The van der Waals surface area contributed by atoms with Crippen molar-refractivity contribution < 1.29 is 9.90 Å². The highest BCUT2D eigenvalue weighted by Gasteiger charge is 2.18. The lowest BCUT2D eigenvalue weighted by molar-refractivity contribution is 0.0944. The zero-order chi connectivity index (χ0) is 25.9. The van der Waals surface area contributed by atoms with Crippen molar-refractivity contribution in [3.63, 3.8) is 0 Å². The van der Waals surface area contributed by atoms with E-state index in [0.717, 1.165) is 16.7 Å². The van der Waals surface area contributed by atoms with Gasteiger partial charge in [-0.25, -0.2) is 5.43 Å². The van der Waals surface area contributed by atoms with Crippen LogP contribution in [0.4, 0.5) is 0 Å². The molecule has 0 radical (unpaired) electrons. The molecule has 6 nitrogen and oxygen atoms in total. The van der Waals surface area contributed by atoms with Crippen molar-refractivity contribution in [2.75, 3.05) is 0 Å². The molecule has 2 N–H and O–H groups in total. The highest BCUT2D eigenvalue weighted by molar-refractivity contribution is 6.02. The molecular weight excluding hydrogens is 448 g/mol. The number of hydrazone groups is 1. The largest absolute Gasteiger partial charge is 0.507 e. The lowest BCUT2D eigenvalue weighted by Gasteiger charge is -2.19. The van der Waals surface area contributed by atoms with Gasteiger partial charge in [0.05, 0.1) is 18.0 Å². The average Bonchev–Trinajstić information content (AvgIpc) is 3.28. The van der Waals surface area contributed by atoms with Crippen LogP contribution in [0.15, 0.2) is 84.0 Å². The zero-order valence-corrected chi connectivity index (χ0v) is 21.4. The number of aryl methyl sites for hydroxylation is 1. The van der Waals surface area contributed by atoms with Gasteiger partial charge >= 0.3 is 0 Å². The van der Waals surface area contributed by atoms with Gasteiger partial charge in [-0.05, 0) is 48.6 Å². The number of hydrogen-bond acceptors (Lipinski definition) is 4. The number of phenolic OH excluding ortho intramolecular Hbond substituents is 1. The lowest BCUT2D eigenvalue weighted by Crippen LogP contribution is -2.23. The smallest absolute Gasteiger partial charge is 0.289 e. The summed E-state index contributed by atoms with van der Waals surface area (Å²) in [4.78, 5) is 13.2. The van der Waals surface area contributed by atoms with E-state index in [0.29, 0.717) is 29.2 Å². The van der Waals surface area contributed by atoms with Crippen LogP contribution in [0, 0.1) is 6.92 Å². The van der Waals surface area contributed by atoms with Crippen LogP contribution in [-0.2, 0) is 12.0 Å². The topological polar surface area (TPSA) is 79.5 Å². The van der Waals surface area contributed by atoms with Crippen LogP contribution in [0.1, 0.15) is 60.4 Å². The normalized spacial score (nSPS) is 12.0. The Balaban J connectivity index is 1.64. The number of phenols is 1. The van der Waals surface area contributed by atoms with Gasteiger partial charge in [-0.2, -0.15) is 10.2 Å². The first-order valence-electron chi connectivity index (χ1n) is 12.0. The standard InChI is InChI=1S/C30H32N4O2/c1-20-11-16-28(35)25(17-20)21(2)31-32-29(36)27-18-26(23-9-7-6-8-10-23)33-34(27)19-22-12-14-24(15-13-22)30(3,4)5/h6-18,35H,19H2,1-5H3,(H,32,36)/b31-21+. The van der Waals surface area contributed by atoms with E-state index < -0.39 is 0 Å². The molecule has 0 spiro atoms. The number of aromatic hydroxyl groups is 1. The number of benzene rings is 3. The Kier molecular flexibility index (Phi) is 7.06. The predicted molar refractivity (Wildman–Crippen MR) is 144 cm³/mol. The van der Waals surface area contributed by atoms with Crippen molar-refractivity contribution in [3.8, 4) is 17.0 Å². The molecule has 0 bridgehead atoms. The Hall–Kier alpha value is -4.19. The maximum atomic E-state index is 13.2.